The van der Waals surface area contributed by atoms with Crippen molar-refractivity contribution in [1.29, 1.82) is 0 Å². The van der Waals surface area contributed by atoms with E-state index < -0.39 is 30.2 Å². The zero-order valence-electron chi connectivity index (χ0n) is 13.5. The van der Waals surface area contributed by atoms with E-state index in [1.807, 2.05) is 5.32 Å². The Bertz CT molecular complexity index is 897. The summed E-state index contributed by atoms with van der Waals surface area (Å²) >= 11 is 1.19. The largest absolute Gasteiger partial charge is 0.471 e. The van der Waals surface area contributed by atoms with E-state index in [9.17, 15) is 22.8 Å². The molecule has 0 saturated carbocycles. The molecular formula is C17H12F3NO5S. The van der Waals surface area contributed by atoms with E-state index in [1.165, 1.54) is 17.4 Å². The molecule has 2 aromatic rings. The zero-order chi connectivity index (χ0) is 19.2. The predicted molar refractivity (Wildman–Crippen MR) is 86.6 cm³/mol. The summed E-state index contributed by atoms with van der Waals surface area (Å²) < 4.78 is 54.0. The number of amides is 1. The number of thiophene rings is 1. The first-order valence-electron chi connectivity index (χ1n) is 7.88. The summed E-state index contributed by atoms with van der Waals surface area (Å²) in [6.07, 6.45) is -5.85. The highest BCUT2D eigenvalue weighted by atomic mass is 32.1. The number of carbonyl (C=O) groups excluding carboxylic acids is 2. The molecule has 1 aliphatic heterocycles. The third kappa shape index (κ3) is 3.32. The van der Waals surface area contributed by atoms with Gasteiger partial charge in [-0.05, 0) is 29.1 Å². The molecule has 0 saturated heterocycles. The number of hydrogen-bond acceptors (Lipinski definition) is 6. The lowest BCUT2D eigenvalue weighted by molar-refractivity contribution is -0.174. The molecule has 1 N–H and O–H groups in total. The molecule has 1 aromatic carbocycles. The van der Waals surface area contributed by atoms with Gasteiger partial charge in [0.2, 0.25) is 6.79 Å². The van der Waals surface area contributed by atoms with Gasteiger partial charge in [0.1, 0.15) is 11.0 Å². The van der Waals surface area contributed by atoms with Crippen LogP contribution in [-0.2, 0) is 9.53 Å². The lowest BCUT2D eigenvalue weighted by Gasteiger charge is -2.16. The average Bonchev–Trinajstić information content (AvgIpc) is 3.33. The number of rotatable bonds is 3. The topological polar surface area (TPSA) is 73.9 Å². The number of nitrogens with one attached hydrogen (secondary N) is 1. The minimum absolute atomic E-state index is 0.0164. The summed E-state index contributed by atoms with van der Waals surface area (Å²) in [6.45, 7) is -0.0164. The number of ether oxygens (including phenoxy) is 3. The molecule has 2 atom stereocenters. The standard InChI is InChI=1S/C17H12F3NO5S/c18-17(19,20)16(23)21-10-6-11(26-15(22)14-2-1-3-27-14)9-5-13-12(4-8(9)10)24-7-25-13/h1-5,10-11H,6-7H2,(H,21,23). The third-order valence-electron chi connectivity index (χ3n) is 4.28. The van der Waals surface area contributed by atoms with Gasteiger partial charge in [-0.2, -0.15) is 13.2 Å². The maximum atomic E-state index is 12.7. The summed E-state index contributed by atoms with van der Waals surface area (Å²) in [5, 5.41) is 3.67. The van der Waals surface area contributed by atoms with Gasteiger partial charge in [0.15, 0.2) is 11.5 Å². The Kier molecular flexibility index (Phi) is 4.22. The SMILES string of the molecule is O=C(OC1CC(NC(=O)C(F)(F)F)c2cc3c(cc21)OCO3)c1cccs1. The molecule has 2 unspecified atom stereocenters. The fourth-order valence-electron chi connectivity index (χ4n) is 3.09. The molecule has 4 rings (SSSR count). The summed E-state index contributed by atoms with van der Waals surface area (Å²) in [6, 6.07) is 5.39. The second kappa shape index (κ2) is 6.45. The maximum Gasteiger partial charge on any atom is 0.471 e. The quantitative estimate of drug-likeness (QED) is 0.800. The second-order valence-electron chi connectivity index (χ2n) is 5.97. The Labute approximate surface area is 154 Å². The third-order valence-corrected chi connectivity index (χ3v) is 5.13. The molecule has 1 amide bonds. The molecule has 0 fully saturated rings. The van der Waals surface area contributed by atoms with Crippen LogP contribution < -0.4 is 14.8 Å². The number of carbonyl (C=O) groups is 2. The Morgan fingerprint density at radius 2 is 1.89 bits per heavy atom. The normalized spacial score (nSPS) is 20.3. The van der Waals surface area contributed by atoms with Crippen molar-refractivity contribution in [3.05, 3.63) is 45.6 Å². The van der Waals surface area contributed by atoms with E-state index in [0.717, 1.165) is 0 Å². The van der Waals surface area contributed by atoms with Gasteiger partial charge in [0.25, 0.3) is 0 Å². The minimum Gasteiger partial charge on any atom is -0.454 e. The fraction of sp³-hybridized carbons (Fsp3) is 0.294. The van der Waals surface area contributed by atoms with Gasteiger partial charge in [0, 0.05) is 12.0 Å². The predicted octanol–water partition coefficient (Wildman–Crippen LogP) is 3.50. The van der Waals surface area contributed by atoms with Crippen LogP contribution in [0.5, 0.6) is 11.5 Å². The highest BCUT2D eigenvalue weighted by molar-refractivity contribution is 7.11. The van der Waals surface area contributed by atoms with Gasteiger partial charge in [-0.3, -0.25) is 4.79 Å². The van der Waals surface area contributed by atoms with Gasteiger partial charge < -0.3 is 19.5 Å². The highest BCUT2D eigenvalue weighted by Crippen LogP contribution is 2.47. The summed E-state index contributed by atoms with van der Waals surface area (Å²) in [7, 11) is 0. The molecule has 6 nitrogen and oxygen atoms in total. The van der Waals surface area contributed by atoms with Crippen molar-refractivity contribution in [2.45, 2.75) is 24.7 Å². The first kappa shape index (κ1) is 17.7. The van der Waals surface area contributed by atoms with Crippen molar-refractivity contribution in [2.24, 2.45) is 0 Å². The Morgan fingerprint density at radius 1 is 1.19 bits per heavy atom. The number of halogens is 3. The van der Waals surface area contributed by atoms with Gasteiger partial charge in [-0.1, -0.05) is 6.07 Å². The van der Waals surface area contributed by atoms with Gasteiger partial charge in [-0.15, -0.1) is 11.3 Å². The van der Waals surface area contributed by atoms with Gasteiger partial charge >= 0.3 is 18.1 Å². The van der Waals surface area contributed by atoms with Crippen LogP contribution in [0.2, 0.25) is 0 Å². The molecule has 0 spiro atoms. The average molecular weight is 399 g/mol. The van der Waals surface area contributed by atoms with Crippen molar-refractivity contribution in [3.63, 3.8) is 0 Å². The number of fused-ring (bicyclic) bond motifs is 2. The van der Waals surface area contributed by atoms with Crippen LogP contribution >= 0.6 is 11.3 Å². The van der Waals surface area contributed by atoms with E-state index in [2.05, 4.69) is 0 Å². The Balaban J connectivity index is 1.63. The lowest BCUT2D eigenvalue weighted by atomic mass is 10.1. The van der Waals surface area contributed by atoms with Crippen molar-refractivity contribution in [3.8, 4) is 11.5 Å². The van der Waals surface area contributed by atoms with Crippen molar-refractivity contribution in [2.75, 3.05) is 6.79 Å². The zero-order valence-corrected chi connectivity index (χ0v) is 14.4. The van der Waals surface area contributed by atoms with Crippen LogP contribution in [0.4, 0.5) is 13.2 Å². The summed E-state index contributed by atoms with van der Waals surface area (Å²) in [5.74, 6) is -1.86. The van der Waals surface area contributed by atoms with E-state index in [1.54, 1.807) is 23.6 Å². The number of hydrogen-bond donors (Lipinski definition) is 1. The van der Waals surface area contributed by atoms with Gasteiger partial charge in [0.05, 0.1) is 6.04 Å². The highest BCUT2D eigenvalue weighted by Gasteiger charge is 2.43. The maximum absolute atomic E-state index is 12.7. The smallest absolute Gasteiger partial charge is 0.454 e. The Morgan fingerprint density at radius 3 is 2.52 bits per heavy atom. The number of alkyl halides is 3. The van der Waals surface area contributed by atoms with Crippen LogP contribution in [0.3, 0.4) is 0 Å². The van der Waals surface area contributed by atoms with Crippen molar-refractivity contribution >= 4 is 23.2 Å². The van der Waals surface area contributed by atoms with E-state index in [0.29, 0.717) is 27.5 Å². The van der Waals surface area contributed by atoms with Crippen LogP contribution in [0, 0.1) is 0 Å². The molecule has 1 aromatic heterocycles. The first-order chi connectivity index (χ1) is 12.8. The molecule has 1 aliphatic carbocycles. The monoisotopic (exact) mass is 399 g/mol. The van der Waals surface area contributed by atoms with E-state index in [4.69, 9.17) is 14.2 Å². The molecule has 142 valence electrons. The molecule has 0 bridgehead atoms. The van der Waals surface area contributed by atoms with E-state index >= 15 is 0 Å². The minimum atomic E-state index is -5.01. The van der Waals surface area contributed by atoms with E-state index in [-0.39, 0.29) is 13.2 Å². The Hall–Kier alpha value is -2.75. The molecular weight excluding hydrogens is 387 g/mol. The van der Waals surface area contributed by atoms with Crippen LogP contribution in [0.15, 0.2) is 29.6 Å². The summed E-state index contributed by atoms with van der Waals surface area (Å²) in [5.41, 5.74) is 0.887. The van der Waals surface area contributed by atoms with Crippen molar-refractivity contribution < 1.29 is 37.0 Å². The van der Waals surface area contributed by atoms with Crippen LogP contribution in [-0.4, -0.2) is 24.8 Å². The molecule has 2 heterocycles. The molecule has 10 heteroatoms. The molecule has 27 heavy (non-hydrogen) atoms. The lowest BCUT2D eigenvalue weighted by Crippen LogP contribution is -2.38. The number of benzene rings is 1. The number of esters is 1. The van der Waals surface area contributed by atoms with Crippen molar-refractivity contribution in [1.82, 2.24) is 5.32 Å². The van der Waals surface area contributed by atoms with Crippen LogP contribution in [0.1, 0.15) is 39.4 Å². The van der Waals surface area contributed by atoms with Crippen LogP contribution in [0.25, 0.3) is 0 Å². The fourth-order valence-corrected chi connectivity index (χ4v) is 3.70. The second-order valence-corrected chi connectivity index (χ2v) is 6.91. The molecule has 2 aliphatic rings. The summed E-state index contributed by atoms with van der Waals surface area (Å²) in [4.78, 5) is 24.0. The molecule has 0 radical (unpaired) electrons. The van der Waals surface area contributed by atoms with Gasteiger partial charge in [-0.25, -0.2) is 4.79 Å². The first-order valence-corrected chi connectivity index (χ1v) is 8.76.